The van der Waals surface area contributed by atoms with Crippen LogP contribution in [0, 0.1) is 0 Å². The summed E-state index contributed by atoms with van der Waals surface area (Å²) < 4.78 is 3.57. The van der Waals surface area contributed by atoms with Gasteiger partial charge in [0, 0.05) is 25.3 Å². The van der Waals surface area contributed by atoms with Gasteiger partial charge < -0.3 is 10.2 Å². The second-order valence-corrected chi connectivity index (χ2v) is 7.14. The Bertz CT molecular complexity index is 900. The maximum Gasteiger partial charge on any atom is 0.173 e. The fraction of sp³-hybridized carbons (Fsp3) is 0.235. The van der Waals surface area contributed by atoms with Gasteiger partial charge in [-0.3, -0.25) is 9.36 Å². The molecule has 0 radical (unpaired) electrons. The zero-order valence-corrected chi connectivity index (χ0v) is 16.7. The molecule has 0 fully saturated rings. The highest BCUT2D eigenvalue weighted by Crippen LogP contribution is 2.17. The lowest BCUT2D eigenvalue weighted by Crippen LogP contribution is -2.31. The minimum atomic E-state index is 0.553. The average Bonchev–Trinajstić information content (AvgIpc) is 3.16. The normalized spacial score (nSPS) is 10.8. The van der Waals surface area contributed by atoms with Crippen LogP contribution in [0.2, 0.25) is 10.0 Å². The Kier molecular flexibility index (Phi) is 5.80. The van der Waals surface area contributed by atoms with E-state index in [9.17, 15) is 0 Å². The number of nitrogens with zero attached hydrogens (tertiary/aromatic N) is 5. The van der Waals surface area contributed by atoms with Gasteiger partial charge in [0.1, 0.15) is 0 Å². The summed E-state index contributed by atoms with van der Waals surface area (Å²) in [5, 5.41) is 13.6. The minimum absolute atomic E-state index is 0.553. The second kappa shape index (κ2) is 8.07. The predicted octanol–water partition coefficient (Wildman–Crippen LogP) is 3.80. The lowest BCUT2D eigenvalue weighted by molar-refractivity contribution is 0.482. The van der Waals surface area contributed by atoms with Gasteiger partial charge in [-0.05, 0) is 29.9 Å². The van der Waals surface area contributed by atoms with Crippen LogP contribution in [-0.4, -0.2) is 36.6 Å². The van der Waals surface area contributed by atoms with Crippen LogP contribution in [0.15, 0.2) is 42.9 Å². The lowest BCUT2D eigenvalue weighted by atomic mass is 10.2. The van der Waals surface area contributed by atoms with Crippen LogP contribution in [0.4, 0.5) is 5.69 Å². The summed E-state index contributed by atoms with van der Waals surface area (Å²) >= 11 is 17.6. The first kappa shape index (κ1) is 18.7. The van der Waals surface area contributed by atoms with Crippen molar-refractivity contribution in [3.05, 3.63) is 64.2 Å². The van der Waals surface area contributed by atoms with E-state index in [1.54, 1.807) is 17.1 Å². The summed E-state index contributed by atoms with van der Waals surface area (Å²) in [6, 6.07) is 7.71. The molecule has 0 amide bonds. The number of halogens is 2. The molecule has 0 saturated heterocycles. The monoisotopic (exact) mass is 408 g/mol. The molecule has 0 saturated carbocycles. The number of benzene rings is 1. The Hall–Kier alpha value is -2.09. The number of hydrogen-bond donors (Lipinski definition) is 1. The average molecular weight is 409 g/mol. The molecule has 136 valence electrons. The molecule has 0 aliphatic rings. The van der Waals surface area contributed by atoms with Crippen molar-refractivity contribution in [2.24, 2.45) is 7.05 Å². The third kappa shape index (κ3) is 4.55. The van der Waals surface area contributed by atoms with Crippen molar-refractivity contribution >= 4 is 46.2 Å². The van der Waals surface area contributed by atoms with Crippen molar-refractivity contribution in [1.82, 2.24) is 24.5 Å². The second-order valence-electron chi connectivity index (χ2n) is 5.91. The van der Waals surface area contributed by atoms with E-state index in [4.69, 9.17) is 35.4 Å². The molecule has 0 atom stereocenters. The minimum Gasteiger partial charge on any atom is -0.346 e. The van der Waals surface area contributed by atoms with Crippen LogP contribution in [0.1, 0.15) is 11.3 Å². The van der Waals surface area contributed by atoms with E-state index in [0.29, 0.717) is 28.2 Å². The first-order valence-corrected chi connectivity index (χ1v) is 9.04. The molecule has 0 aliphatic carbocycles. The van der Waals surface area contributed by atoms with Gasteiger partial charge in [-0.1, -0.05) is 35.3 Å². The zero-order chi connectivity index (χ0) is 18.7. The fourth-order valence-corrected chi connectivity index (χ4v) is 3.09. The summed E-state index contributed by atoms with van der Waals surface area (Å²) in [5.74, 6) is 0. The Morgan fingerprint density at radius 2 is 2.08 bits per heavy atom. The van der Waals surface area contributed by atoms with Crippen LogP contribution in [-0.2, 0) is 20.1 Å². The van der Waals surface area contributed by atoms with Crippen molar-refractivity contribution in [2.75, 3.05) is 12.4 Å². The summed E-state index contributed by atoms with van der Waals surface area (Å²) in [7, 11) is 3.75. The van der Waals surface area contributed by atoms with Crippen LogP contribution >= 0.6 is 35.4 Å². The van der Waals surface area contributed by atoms with E-state index in [-0.39, 0.29) is 0 Å². The fourth-order valence-electron chi connectivity index (χ4n) is 2.47. The Labute approximate surface area is 167 Å². The number of nitrogens with one attached hydrogen (secondary N) is 1. The number of thiocarbonyl (C=S) groups is 1. The highest BCUT2D eigenvalue weighted by Gasteiger charge is 2.12. The quantitative estimate of drug-likeness (QED) is 0.650. The molecule has 26 heavy (non-hydrogen) atoms. The molecular weight excluding hydrogens is 391 g/mol. The van der Waals surface area contributed by atoms with Crippen molar-refractivity contribution in [1.29, 1.82) is 0 Å². The van der Waals surface area contributed by atoms with Gasteiger partial charge in [0.05, 0.1) is 41.9 Å². The van der Waals surface area contributed by atoms with Crippen molar-refractivity contribution in [3.63, 3.8) is 0 Å². The standard InChI is InChI=1S/C17H18Cl2N6S/c1-23(11-16-15(19)8-20-24(16)2)17(26)22-14-7-21-25(10-14)9-12-4-3-5-13(18)6-12/h3-8,10H,9,11H2,1-2H3,(H,22,26). The highest BCUT2D eigenvalue weighted by atomic mass is 35.5. The van der Waals surface area contributed by atoms with E-state index in [1.807, 2.05) is 54.1 Å². The van der Waals surface area contributed by atoms with Gasteiger partial charge in [-0.2, -0.15) is 10.2 Å². The molecule has 3 aromatic rings. The third-order valence-corrected chi connectivity index (χ3v) is 4.83. The molecule has 0 bridgehead atoms. The molecule has 6 nitrogen and oxygen atoms in total. The Morgan fingerprint density at radius 3 is 2.77 bits per heavy atom. The van der Waals surface area contributed by atoms with Gasteiger partial charge in [-0.25, -0.2) is 0 Å². The summed E-state index contributed by atoms with van der Waals surface area (Å²) in [6.45, 7) is 1.19. The van der Waals surface area contributed by atoms with Gasteiger partial charge in [-0.15, -0.1) is 0 Å². The SMILES string of the molecule is CN(Cc1c(Cl)cnn1C)C(=S)Nc1cnn(Cc2cccc(Cl)c2)c1. The first-order valence-electron chi connectivity index (χ1n) is 7.88. The molecule has 1 N–H and O–H groups in total. The molecule has 1 aromatic carbocycles. The molecule has 0 spiro atoms. The molecule has 2 heterocycles. The van der Waals surface area contributed by atoms with Gasteiger partial charge in [0.25, 0.3) is 0 Å². The van der Waals surface area contributed by atoms with E-state index >= 15 is 0 Å². The van der Waals surface area contributed by atoms with Crippen LogP contribution in [0.5, 0.6) is 0 Å². The Balaban J connectivity index is 1.60. The molecular formula is C17H18Cl2N6S. The first-order chi connectivity index (χ1) is 12.4. The van der Waals surface area contributed by atoms with Gasteiger partial charge in [0.2, 0.25) is 0 Å². The topological polar surface area (TPSA) is 50.9 Å². The maximum absolute atomic E-state index is 6.15. The lowest BCUT2D eigenvalue weighted by Gasteiger charge is -2.20. The molecule has 3 rings (SSSR count). The summed E-state index contributed by atoms with van der Waals surface area (Å²) in [5.41, 5.74) is 2.80. The predicted molar refractivity (Wildman–Crippen MR) is 109 cm³/mol. The molecule has 9 heteroatoms. The number of aryl methyl sites for hydroxylation is 1. The largest absolute Gasteiger partial charge is 0.346 e. The summed E-state index contributed by atoms with van der Waals surface area (Å²) in [6.07, 6.45) is 5.26. The molecule has 0 aliphatic heterocycles. The molecule has 0 unspecified atom stereocenters. The third-order valence-electron chi connectivity index (χ3n) is 3.86. The highest BCUT2D eigenvalue weighted by molar-refractivity contribution is 7.80. The van der Waals surface area contributed by atoms with E-state index in [1.165, 1.54) is 0 Å². The van der Waals surface area contributed by atoms with Crippen molar-refractivity contribution in [3.8, 4) is 0 Å². The number of rotatable bonds is 5. The van der Waals surface area contributed by atoms with Gasteiger partial charge >= 0.3 is 0 Å². The van der Waals surface area contributed by atoms with Crippen LogP contribution in [0.3, 0.4) is 0 Å². The van der Waals surface area contributed by atoms with E-state index in [2.05, 4.69) is 15.5 Å². The number of anilines is 1. The van der Waals surface area contributed by atoms with Gasteiger partial charge in [0.15, 0.2) is 5.11 Å². The van der Waals surface area contributed by atoms with E-state index in [0.717, 1.165) is 16.9 Å². The van der Waals surface area contributed by atoms with Crippen molar-refractivity contribution < 1.29 is 0 Å². The molecule has 2 aromatic heterocycles. The smallest absolute Gasteiger partial charge is 0.173 e. The number of hydrogen-bond acceptors (Lipinski definition) is 3. The summed E-state index contributed by atoms with van der Waals surface area (Å²) in [4.78, 5) is 1.90. The zero-order valence-electron chi connectivity index (χ0n) is 14.4. The number of aromatic nitrogens is 4. The van der Waals surface area contributed by atoms with Crippen LogP contribution in [0.25, 0.3) is 0 Å². The van der Waals surface area contributed by atoms with Crippen molar-refractivity contribution in [2.45, 2.75) is 13.1 Å². The van der Waals surface area contributed by atoms with E-state index < -0.39 is 0 Å². The Morgan fingerprint density at radius 1 is 1.27 bits per heavy atom. The van der Waals surface area contributed by atoms with Crippen LogP contribution < -0.4 is 5.32 Å². The maximum atomic E-state index is 6.15.